The minimum Gasteiger partial charge on any atom is -0.480 e. The number of aromatic nitrogens is 3. The summed E-state index contributed by atoms with van der Waals surface area (Å²) in [4.78, 5) is 3.98. The molecule has 7 nitrogen and oxygen atoms in total. The lowest BCUT2D eigenvalue weighted by Gasteiger charge is -2.10. The first-order chi connectivity index (χ1) is 10.5. The molecule has 0 aromatic carbocycles. The van der Waals surface area contributed by atoms with Crippen LogP contribution >= 0.6 is 0 Å². The topological polar surface area (TPSA) is 85.6 Å². The van der Waals surface area contributed by atoms with Gasteiger partial charge in [0.25, 0.3) is 10.0 Å². The zero-order valence-corrected chi connectivity index (χ0v) is 12.8. The number of hydrogen-bond donors (Lipinski definition) is 1. The van der Waals surface area contributed by atoms with Gasteiger partial charge in [0.1, 0.15) is 4.90 Å². The predicted octanol–water partition coefficient (Wildman–Crippen LogP) is 1.85. The van der Waals surface area contributed by atoms with E-state index in [-0.39, 0.29) is 10.8 Å². The molecule has 0 radical (unpaired) electrons. The summed E-state index contributed by atoms with van der Waals surface area (Å²) in [5.74, 6) is 0.0505. The average Bonchev–Trinajstić information content (AvgIpc) is 2.90. The van der Waals surface area contributed by atoms with Crippen molar-refractivity contribution in [3.05, 3.63) is 48.4 Å². The molecule has 0 atom stereocenters. The molecular weight excluding hydrogens is 304 g/mol. The summed E-state index contributed by atoms with van der Waals surface area (Å²) in [6, 6.07) is 6.91. The second kappa shape index (κ2) is 5.30. The predicted molar refractivity (Wildman–Crippen MR) is 81.5 cm³/mol. The van der Waals surface area contributed by atoms with Crippen molar-refractivity contribution in [2.24, 2.45) is 0 Å². The van der Waals surface area contributed by atoms with Gasteiger partial charge in [-0.3, -0.25) is 4.72 Å². The number of nitrogens with one attached hydrogen (secondary N) is 1. The molecule has 8 heteroatoms. The number of hydrogen-bond acceptors (Lipinski definition) is 5. The van der Waals surface area contributed by atoms with Crippen LogP contribution in [0.1, 0.15) is 5.56 Å². The largest absolute Gasteiger partial charge is 0.480 e. The Balaban J connectivity index is 2.06. The summed E-state index contributed by atoms with van der Waals surface area (Å²) in [5, 5.41) is 4.10. The maximum absolute atomic E-state index is 12.6. The van der Waals surface area contributed by atoms with Crippen molar-refractivity contribution in [2.45, 2.75) is 11.8 Å². The lowest BCUT2D eigenvalue weighted by molar-refractivity contribution is 0.385. The van der Waals surface area contributed by atoms with E-state index in [1.165, 1.54) is 19.4 Å². The molecule has 0 spiro atoms. The first-order valence-corrected chi connectivity index (χ1v) is 7.95. The molecule has 22 heavy (non-hydrogen) atoms. The monoisotopic (exact) mass is 318 g/mol. The maximum atomic E-state index is 12.6. The minimum atomic E-state index is -3.83. The number of sulfonamides is 1. The molecule has 0 bridgehead atoms. The van der Waals surface area contributed by atoms with Gasteiger partial charge in [0.2, 0.25) is 5.88 Å². The zero-order valence-electron chi connectivity index (χ0n) is 12.0. The lowest BCUT2D eigenvalue weighted by Crippen LogP contribution is -2.14. The van der Waals surface area contributed by atoms with Crippen LogP contribution in [0.15, 0.2) is 47.8 Å². The number of rotatable bonds is 4. The van der Waals surface area contributed by atoms with Crippen molar-refractivity contribution < 1.29 is 13.2 Å². The van der Waals surface area contributed by atoms with Crippen LogP contribution < -0.4 is 9.46 Å². The fourth-order valence-electron chi connectivity index (χ4n) is 2.09. The molecule has 0 amide bonds. The second-order valence-electron chi connectivity index (χ2n) is 4.71. The Kier molecular flexibility index (Phi) is 3.45. The Morgan fingerprint density at radius 1 is 1.27 bits per heavy atom. The van der Waals surface area contributed by atoms with Crippen LogP contribution in [0, 0.1) is 6.92 Å². The summed E-state index contributed by atoms with van der Waals surface area (Å²) in [5.41, 5.74) is 1.77. The maximum Gasteiger partial charge on any atom is 0.267 e. The molecule has 0 aliphatic heterocycles. The summed E-state index contributed by atoms with van der Waals surface area (Å²) >= 11 is 0. The molecule has 0 fully saturated rings. The molecule has 1 N–H and O–H groups in total. The first-order valence-electron chi connectivity index (χ1n) is 6.47. The highest BCUT2D eigenvalue weighted by molar-refractivity contribution is 7.92. The summed E-state index contributed by atoms with van der Waals surface area (Å²) < 4.78 is 34.4. The minimum absolute atomic E-state index is 0.00900. The van der Waals surface area contributed by atoms with Gasteiger partial charge in [-0.25, -0.2) is 17.9 Å². The van der Waals surface area contributed by atoms with Gasteiger partial charge < -0.3 is 4.74 Å². The Morgan fingerprint density at radius 3 is 2.86 bits per heavy atom. The van der Waals surface area contributed by atoms with Crippen LogP contribution in [-0.4, -0.2) is 30.1 Å². The van der Waals surface area contributed by atoms with Gasteiger partial charge in [-0.1, -0.05) is 6.07 Å². The van der Waals surface area contributed by atoms with E-state index in [0.29, 0.717) is 11.2 Å². The summed E-state index contributed by atoms with van der Waals surface area (Å²) in [6.45, 7) is 1.76. The number of ether oxygens (including phenoxy) is 1. The Labute approximate surface area is 127 Å². The van der Waals surface area contributed by atoms with Crippen molar-refractivity contribution in [3.8, 4) is 5.88 Å². The average molecular weight is 318 g/mol. The van der Waals surface area contributed by atoms with Gasteiger partial charge in [-0.05, 0) is 30.7 Å². The number of nitrogens with zero attached hydrogens (tertiary/aromatic N) is 3. The highest BCUT2D eigenvalue weighted by Gasteiger charge is 2.22. The summed E-state index contributed by atoms with van der Waals surface area (Å²) in [7, 11) is -2.45. The van der Waals surface area contributed by atoms with Crippen molar-refractivity contribution in [1.82, 2.24) is 14.6 Å². The Morgan fingerprint density at radius 2 is 2.09 bits per heavy atom. The SMILES string of the molecule is COc1ncc(C)cc1S(=O)(=O)Nc1cnn2ccccc12. The quantitative estimate of drug-likeness (QED) is 0.793. The second-order valence-corrected chi connectivity index (χ2v) is 6.37. The summed E-state index contributed by atoms with van der Waals surface area (Å²) in [6.07, 6.45) is 4.75. The Hall–Kier alpha value is -2.61. The van der Waals surface area contributed by atoms with Gasteiger partial charge >= 0.3 is 0 Å². The number of methoxy groups -OCH3 is 1. The standard InChI is InChI=1S/C14H14N4O3S/c1-10-7-13(14(21-2)15-8-10)22(19,20)17-11-9-16-18-6-4-3-5-12(11)18/h3-9,17H,1-2H3. The van der Waals surface area contributed by atoms with E-state index in [2.05, 4.69) is 14.8 Å². The molecule has 3 aromatic rings. The smallest absolute Gasteiger partial charge is 0.267 e. The van der Waals surface area contributed by atoms with Gasteiger partial charge in [0.05, 0.1) is 24.5 Å². The van der Waals surface area contributed by atoms with E-state index in [0.717, 1.165) is 5.56 Å². The molecule has 3 aromatic heterocycles. The number of pyridine rings is 2. The van der Waals surface area contributed by atoms with Gasteiger partial charge in [0.15, 0.2) is 0 Å². The highest BCUT2D eigenvalue weighted by Crippen LogP contribution is 2.26. The van der Waals surface area contributed by atoms with Crippen LogP contribution in [0.25, 0.3) is 5.52 Å². The third-order valence-corrected chi connectivity index (χ3v) is 4.47. The van der Waals surface area contributed by atoms with Crippen molar-refractivity contribution in [2.75, 3.05) is 11.8 Å². The number of aryl methyl sites for hydroxylation is 1. The van der Waals surface area contributed by atoms with Crippen LogP contribution in [0.5, 0.6) is 5.88 Å². The number of anilines is 1. The van der Waals surface area contributed by atoms with Crippen LogP contribution in [0.2, 0.25) is 0 Å². The van der Waals surface area contributed by atoms with Crippen LogP contribution in [-0.2, 0) is 10.0 Å². The number of fused-ring (bicyclic) bond motifs is 1. The third kappa shape index (κ3) is 2.48. The molecule has 114 valence electrons. The third-order valence-electron chi connectivity index (χ3n) is 3.11. The Bertz CT molecular complexity index is 934. The van der Waals surface area contributed by atoms with E-state index in [1.807, 2.05) is 12.1 Å². The molecule has 3 rings (SSSR count). The van der Waals surface area contributed by atoms with Crippen molar-refractivity contribution >= 4 is 21.2 Å². The normalized spacial score (nSPS) is 11.5. The molecule has 0 saturated heterocycles. The van der Waals surface area contributed by atoms with Gasteiger partial charge in [-0.2, -0.15) is 5.10 Å². The van der Waals surface area contributed by atoms with E-state index in [9.17, 15) is 8.42 Å². The first kappa shape index (κ1) is 14.3. The molecule has 0 aliphatic rings. The molecular formula is C14H14N4O3S. The van der Waals surface area contributed by atoms with Crippen LogP contribution in [0.3, 0.4) is 0 Å². The van der Waals surface area contributed by atoms with E-state index >= 15 is 0 Å². The lowest BCUT2D eigenvalue weighted by atomic mass is 10.3. The molecule has 3 heterocycles. The molecule has 0 saturated carbocycles. The fourth-order valence-corrected chi connectivity index (χ4v) is 3.35. The van der Waals surface area contributed by atoms with E-state index < -0.39 is 10.0 Å². The van der Waals surface area contributed by atoms with E-state index in [1.54, 1.807) is 29.9 Å². The van der Waals surface area contributed by atoms with Gasteiger partial charge in [0, 0.05) is 12.4 Å². The van der Waals surface area contributed by atoms with Crippen molar-refractivity contribution in [3.63, 3.8) is 0 Å². The van der Waals surface area contributed by atoms with E-state index in [4.69, 9.17) is 4.74 Å². The molecule has 0 unspecified atom stereocenters. The molecule has 0 aliphatic carbocycles. The van der Waals surface area contributed by atoms with Crippen LogP contribution in [0.4, 0.5) is 5.69 Å². The zero-order chi connectivity index (χ0) is 15.7. The fraction of sp³-hybridized carbons (Fsp3) is 0.143. The van der Waals surface area contributed by atoms with Gasteiger partial charge in [-0.15, -0.1) is 0 Å². The highest BCUT2D eigenvalue weighted by atomic mass is 32.2. The van der Waals surface area contributed by atoms with Crippen molar-refractivity contribution in [1.29, 1.82) is 0 Å².